The molecule has 0 N–H and O–H groups in total. The average Bonchev–Trinajstić information content (AvgIpc) is 2.49. The zero-order chi connectivity index (χ0) is 15.8. The first-order chi connectivity index (χ1) is 9.60. The van der Waals surface area contributed by atoms with E-state index in [-0.39, 0.29) is 51.4 Å². The Kier molecular flexibility index (Phi) is 23.2. The Morgan fingerprint density at radius 3 is 2.29 bits per heavy atom. The van der Waals surface area contributed by atoms with Crippen LogP contribution >= 0.6 is 0 Å². The molecule has 1 aromatic rings. The molecule has 0 saturated heterocycles. The summed E-state index contributed by atoms with van der Waals surface area (Å²) in [6.07, 6.45) is 9.00. The van der Waals surface area contributed by atoms with E-state index in [1.165, 1.54) is 0 Å². The van der Waals surface area contributed by atoms with Crippen LogP contribution in [-0.4, -0.2) is 24.9 Å². The van der Waals surface area contributed by atoms with Crippen molar-refractivity contribution in [3.05, 3.63) is 37.7 Å². The Balaban J connectivity index is -0.000000305. The molecule has 0 amide bonds. The molecule has 5 heteroatoms. The van der Waals surface area contributed by atoms with Crippen LogP contribution in [-0.2, 0) is 4.79 Å². The van der Waals surface area contributed by atoms with Crippen molar-refractivity contribution >= 4 is 12.1 Å². The standard InChI is InChI=1S/C9H10N3.C4H6O.C3H4.K/c1-3-12(2)9-5-4-8(6-10)7-11-9;1-2-3-4-5;1-3-2;/h4-5,7H,1,3H2,2H3;1-3H2;1H,2H3;/q-1;-2;;+1. The molecule has 0 unspecified atom stereocenters. The molecule has 0 fully saturated rings. The summed E-state index contributed by atoms with van der Waals surface area (Å²) in [6, 6.07) is 5.57. The number of hydrogen-bond acceptors (Lipinski definition) is 4. The maximum Gasteiger partial charge on any atom is 1.00 e. The first-order valence-corrected chi connectivity index (χ1v) is 5.99. The fourth-order valence-corrected chi connectivity index (χ4v) is 0.865. The molecule has 0 aliphatic heterocycles. The summed E-state index contributed by atoms with van der Waals surface area (Å²) < 4.78 is 0. The molecule has 1 aromatic heterocycles. The molecule has 108 valence electrons. The third-order valence-electron chi connectivity index (χ3n) is 1.88. The van der Waals surface area contributed by atoms with Gasteiger partial charge in [-0.2, -0.15) is 11.7 Å². The van der Waals surface area contributed by atoms with Gasteiger partial charge in [0.1, 0.15) is 11.9 Å². The Morgan fingerprint density at radius 1 is 1.48 bits per heavy atom. The van der Waals surface area contributed by atoms with E-state index < -0.39 is 0 Å². The van der Waals surface area contributed by atoms with E-state index >= 15 is 0 Å². The van der Waals surface area contributed by atoms with Crippen molar-refractivity contribution in [2.75, 3.05) is 18.5 Å². The molecule has 0 spiro atoms. The summed E-state index contributed by atoms with van der Waals surface area (Å²) in [5.41, 5.74) is 0.580. The van der Waals surface area contributed by atoms with Crippen LogP contribution in [0.25, 0.3) is 0 Å². The summed E-state index contributed by atoms with van der Waals surface area (Å²) in [5.74, 6) is 3.09. The van der Waals surface area contributed by atoms with E-state index in [0.717, 1.165) is 5.82 Å². The van der Waals surface area contributed by atoms with Crippen LogP contribution in [0.4, 0.5) is 5.82 Å². The minimum absolute atomic E-state index is 0. The fraction of sp³-hybridized carbons (Fsp3) is 0.312. The van der Waals surface area contributed by atoms with Crippen molar-refractivity contribution in [2.24, 2.45) is 0 Å². The van der Waals surface area contributed by atoms with Gasteiger partial charge in [0, 0.05) is 13.2 Å². The zero-order valence-electron chi connectivity index (χ0n) is 13.1. The third-order valence-corrected chi connectivity index (χ3v) is 1.88. The van der Waals surface area contributed by atoms with Crippen LogP contribution in [0, 0.1) is 37.5 Å². The Bertz CT molecular complexity index is 432. The Labute approximate surface area is 171 Å². The van der Waals surface area contributed by atoms with Gasteiger partial charge in [0.2, 0.25) is 0 Å². The molecule has 0 atom stereocenters. The smallest absolute Gasteiger partial charge is 0.542 e. The van der Waals surface area contributed by atoms with Gasteiger partial charge in [-0.1, -0.05) is 0 Å². The average molecular weight is 309 g/mol. The molecule has 0 saturated carbocycles. The van der Waals surface area contributed by atoms with Crippen molar-refractivity contribution in [3.8, 4) is 18.4 Å². The molecule has 1 rings (SSSR count). The Morgan fingerprint density at radius 2 is 2.05 bits per heavy atom. The SMILES string of the molecule is C#CC.[CH2-]CC[C-]=O.[CH2-]CN(C)c1ccc(C#N)cn1.[K+]. The number of hydrogen-bond donors (Lipinski definition) is 0. The number of terminal acetylenes is 1. The van der Waals surface area contributed by atoms with E-state index in [9.17, 15) is 4.79 Å². The molecule has 0 radical (unpaired) electrons. The predicted octanol–water partition coefficient (Wildman–Crippen LogP) is -0.423. The number of aromatic nitrogens is 1. The molecular formula is C16H20KN3O-2. The van der Waals surface area contributed by atoms with Crippen LogP contribution < -0.4 is 56.3 Å². The predicted molar refractivity (Wildman–Crippen MR) is 82.4 cm³/mol. The molecule has 21 heavy (non-hydrogen) atoms. The molecule has 0 aliphatic rings. The van der Waals surface area contributed by atoms with Gasteiger partial charge in [0.25, 0.3) is 0 Å². The minimum atomic E-state index is 0. The van der Waals surface area contributed by atoms with Crippen molar-refractivity contribution in [2.45, 2.75) is 19.8 Å². The van der Waals surface area contributed by atoms with Gasteiger partial charge in [-0.05, 0) is 19.1 Å². The number of anilines is 1. The maximum atomic E-state index is 9.24. The Hall–Kier alpha value is -0.694. The summed E-state index contributed by atoms with van der Waals surface area (Å²) >= 11 is 0. The van der Waals surface area contributed by atoms with E-state index in [1.54, 1.807) is 25.5 Å². The summed E-state index contributed by atoms with van der Waals surface area (Å²) in [6.45, 7) is 9.46. The summed E-state index contributed by atoms with van der Waals surface area (Å²) in [4.78, 5) is 15.2. The molecular weight excluding hydrogens is 289 g/mol. The molecule has 0 bridgehead atoms. The first kappa shape index (κ1) is 25.3. The van der Waals surface area contributed by atoms with Crippen LogP contribution in [0.2, 0.25) is 0 Å². The second-order valence-corrected chi connectivity index (χ2v) is 3.47. The normalized spacial score (nSPS) is 7.33. The third kappa shape index (κ3) is 15.5. The van der Waals surface area contributed by atoms with Gasteiger partial charge in [-0.15, -0.1) is 18.9 Å². The van der Waals surface area contributed by atoms with Crippen LogP contribution in [0.1, 0.15) is 25.3 Å². The van der Waals surface area contributed by atoms with Crippen molar-refractivity contribution in [1.29, 1.82) is 5.26 Å². The van der Waals surface area contributed by atoms with Crippen molar-refractivity contribution in [3.63, 3.8) is 0 Å². The second-order valence-electron chi connectivity index (χ2n) is 3.47. The largest absolute Gasteiger partial charge is 1.00 e. The quantitative estimate of drug-likeness (QED) is 0.430. The first-order valence-electron chi connectivity index (χ1n) is 5.99. The molecule has 0 aromatic carbocycles. The topological polar surface area (TPSA) is 57.0 Å². The van der Waals surface area contributed by atoms with Crippen LogP contribution in [0.15, 0.2) is 18.3 Å². The van der Waals surface area contributed by atoms with Gasteiger partial charge >= 0.3 is 51.4 Å². The van der Waals surface area contributed by atoms with E-state index in [4.69, 9.17) is 5.26 Å². The van der Waals surface area contributed by atoms with Gasteiger partial charge in [0.15, 0.2) is 0 Å². The van der Waals surface area contributed by atoms with Crippen LogP contribution in [0.5, 0.6) is 0 Å². The second kappa shape index (κ2) is 19.3. The number of nitriles is 1. The van der Waals surface area contributed by atoms with Gasteiger partial charge < -0.3 is 23.5 Å². The van der Waals surface area contributed by atoms with Gasteiger partial charge in [0.05, 0.1) is 5.56 Å². The number of unbranched alkanes of at least 4 members (excludes halogenated alkanes) is 1. The molecule has 4 nitrogen and oxygen atoms in total. The number of nitrogens with zero attached hydrogens (tertiary/aromatic N) is 3. The van der Waals surface area contributed by atoms with Gasteiger partial charge in [-0.3, -0.25) is 6.29 Å². The zero-order valence-corrected chi connectivity index (χ0v) is 16.2. The monoisotopic (exact) mass is 309 g/mol. The number of pyridine rings is 1. The van der Waals surface area contributed by atoms with Crippen molar-refractivity contribution in [1.82, 2.24) is 4.98 Å². The fourth-order valence-electron chi connectivity index (χ4n) is 0.865. The summed E-state index contributed by atoms with van der Waals surface area (Å²) in [5, 5.41) is 8.51. The minimum Gasteiger partial charge on any atom is -0.542 e. The maximum absolute atomic E-state index is 9.24. The van der Waals surface area contributed by atoms with Crippen molar-refractivity contribution < 1.29 is 56.2 Å². The molecule has 1 heterocycles. The van der Waals surface area contributed by atoms with E-state index in [1.807, 2.05) is 24.1 Å². The number of rotatable bonds is 4. The number of carbonyl (C=O) groups excluding carboxylic acids is 1. The van der Waals surface area contributed by atoms with E-state index in [0.29, 0.717) is 24.9 Å². The van der Waals surface area contributed by atoms with Gasteiger partial charge in [-0.25, -0.2) is 11.4 Å². The van der Waals surface area contributed by atoms with Crippen LogP contribution in [0.3, 0.4) is 0 Å². The summed E-state index contributed by atoms with van der Waals surface area (Å²) in [7, 11) is 1.90. The molecule has 0 aliphatic carbocycles. The van der Waals surface area contributed by atoms with E-state index in [2.05, 4.69) is 31.2 Å².